The van der Waals surface area contributed by atoms with Gasteiger partial charge in [0.25, 0.3) is 0 Å². The molecule has 106 valence electrons. The van der Waals surface area contributed by atoms with Gasteiger partial charge in [0.1, 0.15) is 17.2 Å². The minimum Gasteiger partial charge on any atom is -0.383 e. The van der Waals surface area contributed by atoms with Gasteiger partial charge in [-0.2, -0.15) is 4.68 Å². The summed E-state index contributed by atoms with van der Waals surface area (Å²) in [5, 5.41) is 13.2. The Labute approximate surface area is 125 Å². The van der Waals surface area contributed by atoms with Crippen molar-refractivity contribution in [2.75, 3.05) is 5.73 Å². The summed E-state index contributed by atoms with van der Waals surface area (Å²) in [5.41, 5.74) is 7.69. The van der Waals surface area contributed by atoms with Gasteiger partial charge < -0.3 is 5.73 Å². The lowest BCUT2D eigenvalue weighted by molar-refractivity contribution is 0.755. The van der Waals surface area contributed by atoms with E-state index in [2.05, 4.69) is 25.5 Å². The number of para-hydroxylation sites is 1. The van der Waals surface area contributed by atoms with Gasteiger partial charge in [0.15, 0.2) is 0 Å². The molecule has 2 N–H and O–H groups in total. The van der Waals surface area contributed by atoms with E-state index in [-0.39, 0.29) is 0 Å². The second-order valence-electron chi connectivity index (χ2n) is 4.21. The number of hydrogen-bond donors (Lipinski definition) is 1. The molecule has 0 spiro atoms. The SMILES string of the molecule is CCc1c(N)ncnc1Sc1nnnn1-c1ccccc1. The van der Waals surface area contributed by atoms with Gasteiger partial charge in [0, 0.05) is 5.56 Å². The van der Waals surface area contributed by atoms with Crippen LogP contribution in [0.3, 0.4) is 0 Å². The van der Waals surface area contributed by atoms with Crippen molar-refractivity contribution in [3.8, 4) is 5.69 Å². The Morgan fingerprint density at radius 3 is 2.76 bits per heavy atom. The number of hydrogen-bond acceptors (Lipinski definition) is 7. The monoisotopic (exact) mass is 299 g/mol. The lowest BCUT2D eigenvalue weighted by Gasteiger charge is -2.08. The first-order valence-electron chi connectivity index (χ1n) is 6.40. The number of aromatic nitrogens is 6. The zero-order valence-corrected chi connectivity index (χ0v) is 12.2. The molecule has 2 heterocycles. The molecule has 0 atom stereocenters. The highest BCUT2D eigenvalue weighted by molar-refractivity contribution is 7.99. The van der Waals surface area contributed by atoms with Crippen molar-refractivity contribution < 1.29 is 0 Å². The van der Waals surface area contributed by atoms with E-state index in [9.17, 15) is 0 Å². The first-order valence-corrected chi connectivity index (χ1v) is 7.22. The van der Waals surface area contributed by atoms with Crippen molar-refractivity contribution in [2.24, 2.45) is 0 Å². The van der Waals surface area contributed by atoms with E-state index in [0.717, 1.165) is 22.7 Å². The number of nitrogen functional groups attached to an aromatic ring is 1. The topological polar surface area (TPSA) is 95.4 Å². The molecule has 0 saturated carbocycles. The van der Waals surface area contributed by atoms with Crippen molar-refractivity contribution in [1.82, 2.24) is 30.2 Å². The van der Waals surface area contributed by atoms with E-state index in [1.54, 1.807) is 4.68 Å². The molecule has 8 heteroatoms. The Morgan fingerprint density at radius 2 is 2.00 bits per heavy atom. The summed E-state index contributed by atoms with van der Waals surface area (Å²) in [7, 11) is 0. The van der Waals surface area contributed by atoms with Crippen LogP contribution in [-0.4, -0.2) is 30.2 Å². The average molecular weight is 299 g/mol. The van der Waals surface area contributed by atoms with E-state index in [0.29, 0.717) is 11.0 Å². The quantitative estimate of drug-likeness (QED) is 0.733. The maximum absolute atomic E-state index is 5.89. The summed E-state index contributed by atoms with van der Waals surface area (Å²) >= 11 is 1.38. The Bertz CT molecular complexity index is 741. The lowest BCUT2D eigenvalue weighted by atomic mass is 10.2. The van der Waals surface area contributed by atoms with Crippen molar-refractivity contribution in [2.45, 2.75) is 23.5 Å². The fraction of sp³-hybridized carbons (Fsp3) is 0.154. The fourth-order valence-corrected chi connectivity index (χ4v) is 2.84. The van der Waals surface area contributed by atoms with E-state index < -0.39 is 0 Å². The fourth-order valence-electron chi connectivity index (χ4n) is 1.89. The third-order valence-electron chi connectivity index (χ3n) is 2.92. The highest BCUT2D eigenvalue weighted by Crippen LogP contribution is 2.29. The maximum Gasteiger partial charge on any atom is 0.220 e. The summed E-state index contributed by atoms with van der Waals surface area (Å²) < 4.78 is 1.67. The van der Waals surface area contributed by atoms with E-state index in [4.69, 9.17) is 5.73 Å². The Hall–Kier alpha value is -2.48. The third kappa shape index (κ3) is 2.70. The highest BCUT2D eigenvalue weighted by atomic mass is 32.2. The molecule has 2 aromatic heterocycles. The van der Waals surface area contributed by atoms with Crippen LogP contribution < -0.4 is 5.73 Å². The molecule has 0 radical (unpaired) electrons. The van der Waals surface area contributed by atoms with Crippen LogP contribution in [0.15, 0.2) is 46.8 Å². The normalized spacial score (nSPS) is 10.7. The molecule has 1 aromatic carbocycles. The number of nitrogens with zero attached hydrogens (tertiary/aromatic N) is 6. The van der Waals surface area contributed by atoms with Gasteiger partial charge in [-0.25, -0.2) is 9.97 Å². The Morgan fingerprint density at radius 1 is 1.19 bits per heavy atom. The zero-order valence-electron chi connectivity index (χ0n) is 11.3. The van der Waals surface area contributed by atoms with Gasteiger partial charge in [-0.15, -0.1) is 5.10 Å². The van der Waals surface area contributed by atoms with Crippen LogP contribution in [0.5, 0.6) is 0 Å². The summed E-state index contributed by atoms with van der Waals surface area (Å²) in [6.07, 6.45) is 2.20. The molecule has 3 rings (SSSR count). The first kappa shape index (κ1) is 13.5. The number of tetrazole rings is 1. The van der Waals surface area contributed by atoms with E-state index in [1.807, 2.05) is 37.3 Å². The Kier molecular flexibility index (Phi) is 3.78. The maximum atomic E-state index is 5.89. The smallest absolute Gasteiger partial charge is 0.220 e. The van der Waals surface area contributed by atoms with Gasteiger partial charge in [-0.1, -0.05) is 25.1 Å². The summed E-state index contributed by atoms with van der Waals surface area (Å²) in [6, 6.07) is 9.70. The van der Waals surface area contributed by atoms with Crippen LogP contribution >= 0.6 is 11.8 Å². The molecular weight excluding hydrogens is 286 g/mol. The average Bonchev–Trinajstić information content (AvgIpc) is 2.97. The molecule has 0 bridgehead atoms. The second-order valence-corrected chi connectivity index (χ2v) is 5.16. The predicted molar refractivity (Wildman–Crippen MR) is 79.1 cm³/mol. The standard InChI is InChI=1S/C13H13N7S/c1-2-10-11(14)15-8-16-12(10)21-13-17-18-19-20(13)9-6-4-3-5-7-9/h3-8H,2H2,1H3,(H2,14,15,16). The number of rotatable bonds is 4. The molecule has 0 aliphatic carbocycles. The number of nitrogens with two attached hydrogens (primary N) is 1. The Balaban J connectivity index is 1.98. The van der Waals surface area contributed by atoms with Gasteiger partial charge >= 0.3 is 0 Å². The van der Waals surface area contributed by atoms with Crippen LogP contribution in [0.4, 0.5) is 5.82 Å². The highest BCUT2D eigenvalue weighted by Gasteiger charge is 2.14. The van der Waals surface area contributed by atoms with Crippen LogP contribution in [0, 0.1) is 0 Å². The van der Waals surface area contributed by atoms with E-state index in [1.165, 1.54) is 18.1 Å². The van der Waals surface area contributed by atoms with Crippen molar-refractivity contribution in [1.29, 1.82) is 0 Å². The minimum absolute atomic E-state index is 0.494. The van der Waals surface area contributed by atoms with Crippen molar-refractivity contribution >= 4 is 17.6 Å². The van der Waals surface area contributed by atoms with Crippen LogP contribution in [-0.2, 0) is 6.42 Å². The second kappa shape index (κ2) is 5.88. The number of anilines is 1. The van der Waals surface area contributed by atoms with Gasteiger partial charge in [0.05, 0.1) is 5.69 Å². The minimum atomic E-state index is 0.494. The molecular formula is C13H13N7S. The van der Waals surface area contributed by atoms with E-state index >= 15 is 0 Å². The molecule has 7 nitrogen and oxygen atoms in total. The summed E-state index contributed by atoms with van der Waals surface area (Å²) in [5.74, 6) is 0.494. The van der Waals surface area contributed by atoms with Gasteiger partial charge in [-0.3, -0.25) is 0 Å². The molecule has 0 fully saturated rings. The van der Waals surface area contributed by atoms with Crippen LogP contribution in [0.1, 0.15) is 12.5 Å². The van der Waals surface area contributed by atoms with Gasteiger partial charge in [-0.05, 0) is 40.7 Å². The predicted octanol–water partition coefficient (Wildman–Crippen LogP) is 1.75. The molecule has 0 amide bonds. The third-order valence-corrected chi connectivity index (χ3v) is 3.90. The number of benzene rings is 1. The molecule has 21 heavy (non-hydrogen) atoms. The van der Waals surface area contributed by atoms with Crippen molar-refractivity contribution in [3.05, 3.63) is 42.2 Å². The molecule has 3 aromatic rings. The molecule has 0 saturated heterocycles. The zero-order chi connectivity index (χ0) is 14.7. The van der Waals surface area contributed by atoms with Gasteiger partial charge in [0.2, 0.25) is 5.16 Å². The van der Waals surface area contributed by atoms with Crippen LogP contribution in [0.2, 0.25) is 0 Å². The molecule has 0 aliphatic rings. The van der Waals surface area contributed by atoms with Crippen molar-refractivity contribution in [3.63, 3.8) is 0 Å². The summed E-state index contributed by atoms with van der Waals surface area (Å²) in [4.78, 5) is 8.30. The lowest BCUT2D eigenvalue weighted by Crippen LogP contribution is -2.02. The molecule has 0 unspecified atom stereocenters. The summed E-state index contributed by atoms with van der Waals surface area (Å²) in [6.45, 7) is 2.01. The first-order chi connectivity index (χ1) is 10.3. The largest absolute Gasteiger partial charge is 0.383 e. The van der Waals surface area contributed by atoms with Crippen LogP contribution in [0.25, 0.3) is 5.69 Å². The molecule has 0 aliphatic heterocycles.